The number of aromatic nitrogens is 2. The van der Waals surface area contributed by atoms with Gasteiger partial charge in [0.2, 0.25) is 6.39 Å². The van der Waals surface area contributed by atoms with Gasteiger partial charge in [-0.05, 0) is 25.3 Å². The lowest BCUT2D eigenvalue weighted by Crippen LogP contribution is -2.22. The van der Waals surface area contributed by atoms with Gasteiger partial charge in [0.1, 0.15) is 0 Å². The van der Waals surface area contributed by atoms with Crippen LogP contribution in [0.1, 0.15) is 44.3 Å². The maximum atomic E-state index is 4.68. The third-order valence-corrected chi connectivity index (χ3v) is 3.10. The first-order valence-electron chi connectivity index (χ1n) is 5.91. The summed E-state index contributed by atoms with van der Waals surface area (Å²) in [6, 6.07) is 0. The first-order valence-corrected chi connectivity index (χ1v) is 5.91. The summed E-state index contributed by atoms with van der Waals surface area (Å²) in [4.78, 5) is 3.98. The van der Waals surface area contributed by atoms with Gasteiger partial charge in [-0.3, -0.25) is 0 Å². The average molecular weight is 209 g/mol. The molecular weight excluding hydrogens is 190 g/mol. The molecule has 1 heterocycles. The number of nitrogens with one attached hydrogen (secondary N) is 1. The third-order valence-electron chi connectivity index (χ3n) is 3.10. The van der Waals surface area contributed by atoms with Gasteiger partial charge in [0.25, 0.3) is 0 Å². The van der Waals surface area contributed by atoms with Gasteiger partial charge in [-0.1, -0.05) is 30.8 Å². The SMILES string of the molecule is c1nc(CNCC2CCCCCC2)no1. The third kappa shape index (κ3) is 3.63. The van der Waals surface area contributed by atoms with Crippen LogP contribution in [0.3, 0.4) is 0 Å². The Labute approximate surface area is 90.4 Å². The molecule has 4 heteroatoms. The van der Waals surface area contributed by atoms with E-state index in [9.17, 15) is 0 Å². The zero-order valence-electron chi connectivity index (χ0n) is 9.11. The molecule has 0 saturated heterocycles. The van der Waals surface area contributed by atoms with Crippen molar-refractivity contribution in [2.75, 3.05) is 6.54 Å². The Hall–Kier alpha value is -0.900. The molecule has 15 heavy (non-hydrogen) atoms. The molecule has 0 spiro atoms. The van der Waals surface area contributed by atoms with E-state index in [2.05, 4.69) is 20.0 Å². The normalized spacial score (nSPS) is 18.9. The van der Waals surface area contributed by atoms with Gasteiger partial charge < -0.3 is 9.84 Å². The lowest BCUT2D eigenvalue weighted by molar-refractivity contribution is 0.396. The molecule has 1 aromatic rings. The number of hydrogen-bond acceptors (Lipinski definition) is 4. The molecular formula is C11H19N3O. The minimum absolute atomic E-state index is 0.729. The minimum atomic E-state index is 0.729. The maximum Gasteiger partial charge on any atom is 0.213 e. The molecule has 1 aliphatic rings. The predicted octanol–water partition coefficient (Wildman–Crippen LogP) is 2.13. The number of rotatable bonds is 4. The van der Waals surface area contributed by atoms with Crippen LogP contribution in [0.5, 0.6) is 0 Å². The van der Waals surface area contributed by atoms with Crippen molar-refractivity contribution in [1.29, 1.82) is 0 Å². The van der Waals surface area contributed by atoms with Crippen molar-refractivity contribution in [3.8, 4) is 0 Å². The first kappa shape index (κ1) is 10.6. The van der Waals surface area contributed by atoms with Gasteiger partial charge in [-0.15, -0.1) is 0 Å². The highest BCUT2D eigenvalue weighted by Crippen LogP contribution is 2.21. The minimum Gasteiger partial charge on any atom is -0.343 e. The van der Waals surface area contributed by atoms with E-state index in [0.29, 0.717) is 0 Å². The molecule has 84 valence electrons. The van der Waals surface area contributed by atoms with E-state index in [-0.39, 0.29) is 0 Å². The number of nitrogens with zero attached hydrogens (tertiary/aromatic N) is 2. The highest BCUT2D eigenvalue weighted by molar-refractivity contribution is 4.77. The number of hydrogen-bond donors (Lipinski definition) is 1. The van der Waals surface area contributed by atoms with Crippen molar-refractivity contribution >= 4 is 0 Å². The molecule has 1 aliphatic carbocycles. The van der Waals surface area contributed by atoms with Crippen LogP contribution in [0.15, 0.2) is 10.9 Å². The molecule has 1 fully saturated rings. The van der Waals surface area contributed by atoms with Crippen LogP contribution in [-0.4, -0.2) is 16.7 Å². The van der Waals surface area contributed by atoms with Crippen molar-refractivity contribution in [1.82, 2.24) is 15.5 Å². The highest BCUT2D eigenvalue weighted by Gasteiger charge is 2.11. The largest absolute Gasteiger partial charge is 0.343 e. The van der Waals surface area contributed by atoms with Gasteiger partial charge in [0.05, 0.1) is 6.54 Å². The summed E-state index contributed by atoms with van der Waals surface area (Å²) in [6.45, 7) is 1.82. The molecule has 1 N–H and O–H groups in total. The van der Waals surface area contributed by atoms with Crippen LogP contribution in [0.2, 0.25) is 0 Å². The van der Waals surface area contributed by atoms with Crippen molar-refractivity contribution in [2.24, 2.45) is 5.92 Å². The Morgan fingerprint density at radius 3 is 2.73 bits per heavy atom. The van der Waals surface area contributed by atoms with Gasteiger partial charge in [-0.2, -0.15) is 4.98 Å². The second-order valence-corrected chi connectivity index (χ2v) is 4.34. The Balaban J connectivity index is 1.64. The molecule has 2 rings (SSSR count). The Kier molecular flexibility index (Phi) is 4.14. The summed E-state index contributed by atoms with van der Waals surface area (Å²) < 4.78 is 4.68. The zero-order valence-corrected chi connectivity index (χ0v) is 9.11. The molecule has 0 unspecified atom stereocenters. The Morgan fingerprint density at radius 1 is 1.27 bits per heavy atom. The van der Waals surface area contributed by atoms with Gasteiger partial charge >= 0.3 is 0 Å². The van der Waals surface area contributed by atoms with Gasteiger partial charge in [0, 0.05) is 0 Å². The van der Waals surface area contributed by atoms with Crippen molar-refractivity contribution in [3.05, 3.63) is 12.2 Å². The lowest BCUT2D eigenvalue weighted by Gasteiger charge is -2.13. The van der Waals surface area contributed by atoms with Crippen LogP contribution < -0.4 is 5.32 Å². The van der Waals surface area contributed by atoms with E-state index in [0.717, 1.165) is 24.8 Å². The maximum absolute atomic E-state index is 4.68. The van der Waals surface area contributed by atoms with Crippen LogP contribution >= 0.6 is 0 Å². The second kappa shape index (κ2) is 5.85. The fourth-order valence-electron chi connectivity index (χ4n) is 2.23. The topological polar surface area (TPSA) is 51.0 Å². The molecule has 0 amide bonds. The monoisotopic (exact) mass is 209 g/mol. The summed E-state index contributed by atoms with van der Waals surface area (Å²) in [7, 11) is 0. The summed E-state index contributed by atoms with van der Waals surface area (Å²) in [5.41, 5.74) is 0. The van der Waals surface area contributed by atoms with E-state index >= 15 is 0 Å². The molecule has 4 nitrogen and oxygen atoms in total. The molecule has 0 atom stereocenters. The van der Waals surface area contributed by atoms with Crippen molar-refractivity contribution in [3.63, 3.8) is 0 Å². The standard InChI is InChI=1S/C11H19N3O/c1-2-4-6-10(5-3-1)7-12-8-11-13-9-15-14-11/h9-10,12H,1-8H2. The van der Waals surface area contributed by atoms with Gasteiger partial charge in [0.15, 0.2) is 5.82 Å². The van der Waals surface area contributed by atoms with Crippen LogP contribution in [0.4, 0.5) is 0 Å². The molecule has 0 aromatic carbocycles. The molecule has 0 bridgehead atoms. The molecule has 0 aliphatic heterocycles. The fourth-order valence-corrected chi connectivity index (χ4v) is 2.23. The smallest absolute Gasteiger partial charge is 0.213 e. The summed E-state index contributed by atoms with van der Waals surface area (Å²) in [5.74, 6) is 1.60. The summed E-state index contributed by atoms with van der Waals surface area (Å²) in [5, 5.41) is 7.17. The Bertz CT molecular complexity index is 253. The first-order chi connectivity index (χ1) is 7.45. The quantitative estimate of drug-likeness (QED) is 0.772. The predicted molar refractivity (Wildman–Crippen MR) is 57.2 cm³/mol. The van der Waals surface area contributed by atoms with Crippen LogP contribution in [0.25, 0.3) is 0 Å². The second-order valence-electron chi connectivity index (χ2n) is 4.34. The average Bonchev–Trinajstić information content (AvgIpc) is 2.62. The van der Waals surface area contributed by atoms with E-state index < -0.39 is 0 Å². The zero-order chi connectivity index (χ0) is 10.3. The molecule has 0 radical (unpaired) electrons. The fraction of sp³-hybridized carbons (Fsp3) is 0.818. The summed E-state index contributed by atoms with van der Waals surface area (Å²) >= 11 is 0. The Morgan fingerprint density at radius 2 is 2.07 bits per heavy atom. The lowest BCUT2D eigenvalue weighted by atomic mass is 10.0. The molecule has 1 aromatic heterocycles. The van der Waals surface area contributed by atoms with E-state index in [4.69, 9.17) is 0 Å². The van der Waals surface area contributed by atoms with E-state index in [1.807, 2.05) is 0 Å². The highest BCUT2D eigenvalue weighted by atomic mass is 16.5. The summed E-state index contributed by atoms with van der Waals surface area (Å²) in [6.07, 6.45) is 9.76. The molecule has 1 saturated carbocycles. The van der Waals surface area contributed by atoms with Crippen molar-refractivity contribution in [2.45, 2.75) is 45.1 Å². The van der Waals surface area contributed by atoms with Crippen molar-refractivity contribution < 1.29 is 4.52 Å². The van der Waals surface area contributed by atoms with Crippen LogP contribution in [0, 0.1) is 5.92 Å². The van der Waals surface area contributed by atoms with Crippen LogP contribution in [-0.2, 0) is 6.54 Å². The van der Waals surface area contributed by atoms with E-state index in [1.54, 1.807) is 0 Å². The van der Waals surface area contributed by atoms with Gasteiger partial charge in [-0.25, -0.2) is 0 Å². The van der Waals surface area contributed by atoms with E-state index in [1.165, 1.54) is 44.9 Å².